The quantitative estimate of drug-likeness (QED) is 0.894. The minimum atomic E-state index is -0.488. The summed E-state index contributed by atoms with van der Waals surface area (Å²) in [5, 5.41) is 2.82. The number of carbonyl (C=O) groups excluding carboxylic acids is 2. The number of carbonyl (C=O) groups is 2. The lowest BCUT2D eigenvalue weighted by molar-refractivity contribution is -0.124. The van der Waals surface area contributed by atoms with Gasteiger partial charge in [0.05, 0.1) is 5.88 Å². The molecule has 1 fully saturated rings. The van der Waals surface area contributed by atoms with E-state index in [0.29, 0.717) is 35.7 Å². The van der Waals surface area contributed by atoms with Crippen LogP contribution in [0.2, 0.25) is 0 Å². The zero-order valence-electron chi connectivity index (χ0n) is 13.7. The molecule has 1 aliphatic heterocycles. The van der Waals surface area contributed by atoms with E-state index >= 15 is 0 Å². The van der Waals surface area contributed by atoms with Crippen molar-refractivity contribution in [2.24, 2.45) is 0 Å². The van der Waals surface area contributed by atoms with E-state index in [1.807, 2.05) is 6.07 Å². The number of benzene rings is 2. The molecule has 2 amide bonds. The van der Waals surface area contributed by atoms with Gasteiger partial charge in [0.25, 0.3) is 5.91 Å². The van der Waals surface area contributed by atoms with Gasteiger partial charge in [-0.1, -0.05) is 36.4 Å². The van der Waals surface area contributed by atoms with Crippen LogP contribution < -0.4 is 5.32 Å². The zero-order valence-corrected chi connectivity index (χ0v) is 14.5. The fourth-order valence-electron chi connectivity index (χ4n) is 2.75. The average molecular weight is 358 g/mol. The van der Waals surface area contributed by atoms with Crippen LogP contribution in [0, 0.1) is 5.82 Å². The molecule has 2 aromatic rings. The maximum atomic E-state index is 13.6. The number of rotatable bonds is 5. The number of amides is 2. The van der Waals surface area contributed by atoms with E-state index in [2.05, 4.69) is 5.32 Å². The van der Waals surface area contributed by atoms with Gasteiger partial charge in [0, 0.05) is 17.9 Å². The van der Waals surface area contributed by atoms with Crippen molar-refractivity contribution in [2.75, 3.05) is 18.2 Å². The van der Waals surface area contributed by atoms with Crippen LogP contribution in [-0.2, 0) is 11.2 Å². The van der Waals surface area contributed by atoms with Gasteiger partial charge in [0.2, 0.25) is 5.91 Å². The van der Waals surface area contributed by atoms with Gasteiger partial charge in [-0.25, -0.2) is 4.39 Å². The molecule has 4 nitrogen and oxygen atoms in total. The highest BCUT2D eigenvalue weighted by Gasteiger charge is 2.34. The van der Waals surface area contributed by atoms with E-state index in [-0.39, 0.29) is 17.6 Å². The van der Waals surface area contributed by atoms with Crippen molar-refractivity contribution in [3.63, 3.8) is 0 Å². The van der Waals surface area contributed by atoms with Crippen LogP contribution in [-0.4, -0.2) is 40.9 Å². The van der Waals surface area contributed by atoms with Gasteiger partial charge < -0.3 is 10.2 Å². The van der Waals surface area contributed by atoms with Crippen LogP contribution in [0.15, 0.2) is 54.6 Å². The molecule has 130 valence electrons. The van der Waals surface area contributed by atoms with Gasteiger partial charge in [0.15, 0.2) is 0 Å². The predicted octanol–water partition coefficient (Wildman–Crippen LogP) is 2.70. The third-order valence-corrected chi connectivity index (χ3v) is 5.13. The molecule has 0 spiro atoms. The van der Waals surface area contributed by atoms with Crippen molar-refractivity contribution in [3.05, 3.63) is 71.5 Å². The number of nitrogens with zero attached hydrogens (tertiary/aromatic N) is 1. The van der Waals surface area contributed by atoms with Gasteiger partial charge >= 0.3 is 0 Å². The third kappa shape index (κ3) is 4.20. The highest BCUT2D eigenvalue weighted by Crippen LogP contribution is 2.23. The first-order valence-corrected chi connectivity index (χ1v) is 9.27. The smallest absolute Gasteiger partial charge is 0.255 e. The van der Waals surface area contributed by atoms with Gasteiger partial charge in [-0.2, -0.15) is 0 Å². The number of halogens is 1. The van der Waals surface area contributed by atoms with E-state index in [9.17, 15) is 14.0 Å². The molecule has 0 unspecified atom stereocenters. The largest absolute Gasteiger partial charge is 0.354 e. The fourth-order valence-corrected chi connectivity index (χ4v) is 3.90. The maximum Gasteiger partial charge on any atom is 0.255 e. The third-order valence-electron chi connectivity index (χ3n) is 4.12. The first-order chi connectivity index (χ1) is 12.2. The summed E-state index contributed by atoms with van der Waals surface area (Å²) in [5.74, 6) is 0.475. The topological polar surface area (TPSA) is 49.4 Å². The molecule has 25 heavy (non-hydrogen) atoms. The second kappa shape index (κ2) is 8.16. The number of nitrogens with one attached hydrogen (secondary N) is 1. The Morgan fingerprint density at radius 1 is 1.12 bits per heavy atom. The second-order valence-electron chi connectivity index (χ2n) is 5.79. The molecule has 0 aromatic heterocycles. The van der Waals surface area contributed by atoms with Gasteiger partial charge in [-0.3, -0.25) is 9.59 Å². The van der Waals surface area contributed by atoms with Gasteiger partial charge in [-0.15, -0.1) is 11.8 Å². The molecule has 1 aliphatic rings. The Morgan fingerprint density at radius 2 is 1.84 bits per heavy atom. The van der Waals surface area contributed by atoms with E-state index in [4.69, 9.17) is 0 Å². The fraction of sp³-hybridized carbons (Fsp3) is 0.263. The van der Waals surface area contributed by atoms with E-state index in [1.54, 1.807) is 59.1 Å². The Morgan fingerprint density at radius 3 is 2.60 bits per heavy atom. The van der Waals surface area contributed by atoms with Crippen molar-refractivity contribution >= 4 is 23.6 Å². The molecule has 1 atom stereocenters. The van der Waals surface area contributed by atoms with Crippen molar-refractivity contribution in [2.45, 2.75) is 12.5 Å². The summed E-state index contributed by atoms with van der Waals surface area (Å²) in [7, 11) is 0. The highest BCUT2D eigenvalue weighted by atomic mass is 32.2. The molecule has 0 bridgehead atoms. The van der Waals surface area contributed by atoms with Gasteiger partial charge in [-0.05, 0) is 30.2 Å². The number of hydrogen-bond donors (Lipinski definition) is 1. The normalized spacial score (nSPS) is 16.7. The van der Waals surface area contributed by atoms with E-state index < -0.39 is 6.04 Å². The molecular weight excluding hydrogens is 339 g/mol. The lowest BCUT2D eigenvalue weighted by Crippen LogP contribution is -2.47. The van der Waals surface area contributed by atoms with Crippen LogP contribution in [0.1, 0.15) is 15.9 Å². The second-order valence-corrected chi connectivity index (χ2v) is 6.79. The van der Waals surface area contributed by atoms with Crippen LogP contribution in [0.4, 0.5) is 4.39 Å². The predicted molar refractivity (Wildman–Crippen MR) is 96.8 cm³/mol. The van der Waals surface area contributed by atoms with Crippen LogP contribution in [0.25, 0.3) is 0 Å². The Labute approximate surface area is 150 Å². The standard InChI is InChI=1S/C19H19FN2O2S/c20-16-9-5-4-6-14(16)10-11-21-18(23)17-12-25-13-22(17)19(24)15-7-2-1-3-8-15/h1-9,17H,10-13H2,(H,21,23)/t17-/m1/s1. The molecule has 0 saturated carbocycles. The SMILES string of the molecule is O=C(NCCc1ccccc1F)[C@H]1CSCN1C(=O)c1ccccc1. The average Bonchev–Trinajstić information content (AvgIpc) is 3.13. The molecule has 1 saturated heterocycles. The molecule has 0 aliphatic carbocycles. The maximum absolute atomic E-state index is 13.6. The molecule has 1 N–H and O–H groups in total. The van der Waals surface area contributed by atoms with E-state index in [0.717, 1.165) is 0 Å². The van der Waals surface area contributed by atoms with Crippen molar-refractivity contribution in [1.82, 2.24) is 10.2 Å². The van der Waals surface area contributed by atoms with Crippen molar-refractivity contribution in [1.29, 1.82) is 0 Å². The Balaban J connectivity index is 1.57. The summed E-state index contributed by atoms with van der Waals surface area (Å²) in [4.78, 5) is 26.6. The number of hydrogen-bond acceptors (Lipinski definition) is 3. The molecule has 1 heterocycles. The summed E-state index contributed by atoms with van der Waals surface area (Å²) in [5.41, 5.74) is 1.15. The van der Waals surface area contributed by atoms with Crippen LogP contribution in [0.5, 0.6) is 0 Å². The molecule has 0 radical (unpaired) electrons. The van der Waals surface area contributed by atoms with Crippen LogP contribution >= 0.6 is 11.8 Å². The Kier molecular flexibility index (Phi) is 5.71. The minimum absolute atomic E-state index is 0.139. The number of thioether (sulfide) groups is 1. The highest BCUT2D eigenvalue weighted by molar-refractivity contribution is 7.99. The Bertz CT molecular complexity index is 754. The summed E-state index contributed by atoms with van der Waals surface area (Å²) in [6, 6.07) is 15.0. The lowest BCUT2D eigenvalue weighted by Gasteiger charge is -2.23. The van der Waals surface area contributed by atoms with Crippen molar-refractivity contribution < 1.29 is 14.0 Å². The monoisotopic (exact) mass is 358 g/mol. The summed E-state index contributed by atoms with van der Waals surface area (Å²) in [6.07, 6.45) is 0.422. The first kappa shape index (κ1) is 17.5. The molecule has 3 rings (SSSR count). The molecule has 2 aromatic carbocycles. The molecular formula is C19H19FN2O2S. The first-order valence-electron chi connectivity index (χ1n) is 8.11. The lowest BCUT2D eigenvalue weighted by atomic mass is 10.1. The summed E-state index contributed by atoms with van der Waals surface area (Å²) >= 11 is 1.56. The van der Waals surface area contributed by atoms with Crippen molar-refractivity contribution in [3.8, 4) is 0 Å². The Hall–Kier alpha value is -2.34. The summed E-state index contributed by atoms with van der Waals surface area (Å²) in [6.45, 7) is 0.342. The minimum Gasteiger partial charge on any atom is -0.354 e. The van der Waals surface area contributed by atoms with Gasteiger partial charge in [0.1, 0.15) is 11.9 Å². The van der Waals surface area contributed by atoms with Crippen LogP contribution in [0.3, 0.4) is 0 Å². The molecule has 6 heteroatoms. The zero-order chi connectivity index (χ0) is 17.6. The summed E-state index contributed by atoms with van der Waals surface area (Å²) < 4.78 is 13.6. The van der Waals surface area contributed by atoms with E-state index in [1.165, 1.54) is 6.07 Å².